The zero-order valence-corrected chi connectivity index (χ0v) is 19.9. The molecular formula is C24H21F3N2O6S. The van der Waals surface area contributed by atoms with Crippen molar-refractivity contribution in [2.45, 2.75) is 18.0 Å². The zero-order chi connectivity index (χ0) is 26.5. The van der Waals surface area contributed by atoms with E-state index < -0.39 is 38.5 Å². The number of amides is 1. The maximum Gasteiger partial charge on any atom is 0.416 e. The number of carbonyl (C=O) groups excluding carboxylic acids is 2. The lowest BCUT2D eigenvalue weighted by atomic mass is 10.1. The van der Waals surface area contributed by atoms with Crippen LogP contribution in [0.5, 0.6) is 5.75 Å². The monoisotopic (exact) mass is 522 g/mol. The molecule has 2 N–H and O–H groups in total. The van der Waals surface area contributed by atoms with Gasteiger partial charge in [0.2, 0.25) is 0 Å². The van der Waals surface area contributed by atoms with Crippen LogP contribution in [-0.2, 0) is 20.9 Å². The number of hydrogen-bond acceptors (Lipinski definition) is 6. The van der Waals surface area contributed by atoms with E-state index in [1.54, 1.807) is 6.92 Å². The molecule has 8 nitrogen and oxygen atoms in total. The summed E-state index contributed by atoms with van der Waals surface area (Å²) in [6, 6.07) is 13.0. The van der Waals surface area contributed by atoms with Gasteiger partial charge in [-0.05, 0) is 55.5 Å². The highest BCUT2D eigenvalue weighted by Gasteiger charge is 2.31. The third-order valence-corrected chi connectivity index (χ3v) is 6.18. The van der Waals surface area contributed by atoms with E-state index >= 15 is 0 Å². The Bertz CT molecular complexity index is 1390. The van der Waals surface area contributed by atoms with E-state index in [0.717, 1.165) is 18.2 Å². The Labute approximate surface area is 205 Å². The number of carbonyl (C=O) groups is 2. The summed E-state index contributed by atoms with van der Waals surface area (Å²) in [5, 5.41) is 2.60. The van der Waals surface area contributed by atoms with E-state index in [-0.39, 0.29) is 29.2 Å². The predicted octanol–water partition coefficient (Wildman–Crippen LogP) is 4.94. The summed E-state index contributed by atoms with van der Waals surface area (Å²) in [6.07, 6.45) is -4.71. The van der Waals surface area contributed by atoms with Gasteiger partial charge in [-0.1, -0.05) is 12.1 Å². The van der Waals surface area contributed by atoms with Crippen LogP contribution >= 0.6 is 0 Å². The van der Waals surface area contributed by atoms with Crippen LogP contribution in [-0.4, -0.2) is 34.0 Å². The lowest BCUT2D eigenvalue weighted by Crippen LogP contribution is -2.16. The number of rotatable bonds is 8. The van der Waals surface area contributed by atoms with Gasteiger partial charge in [-0.2, -0.15) is 13.2 Å². The van der Waals surface area contributed by atoms with Crippen LogP contribution in [0.15, 0.2) is 71.6 Å². The molecule has 0 unspecified atom stereocenters. The van der Waals surface area contributed by atoms with Crippen molar-refractivity contribution in [3.63, 3.8) is 0 Å². The van der Waals surface area contributed by atoms with Gasteiger partial charge in [0.15, 0.2) is 0 Å². The maximum absolute atomic E-state index is 13.0. The molecule has 3 aromatic carbocycles. The van der Waals surface area contributed by atoms with Crippen molar-refractivity contribution in [3.8, 4) is 5.75 Å². The highest BCUT2D eigenvalue weighted by molar-refractivity contribution is 7.92. The molecule has 1 amide bonds. The quantitative estimate of drug-likeness (QED) is 0.406. The maximum atomic E-state index is 13.0. The van der Waals surface area contributed by atoms with Gasteiger partial charge in [-0.15, -0.1) is 0 Å². The molecule has 36 heavy (non-hydrogen) atoms. The number of halogens is 3. The highest BCUT2D eigenvalue weighted by atomic mass is 32.2. The molecule has 0 heterocycles. The van der Waals surface area contributed by atoms with Crippen LogP contribution in [0.25, 0.3) is 0 Å². The molecule has 0 aliphatic carbocycles. The Morgan fingerprint density at radius 2 is 1.67 bits per heavy atom. The second-order valence-electron chi connectivity index (χ2n) is 7.30. The summed E-state index contributed by atoms with van der Waals surface area (Å²) in [7, 11) is -3.02. The molecule has 0 spiro atoms. The normalized spacial score (nSPS) is 11.5. The van der Waals surface area contributed by atoms with E-state index in [9.17, 15) is 31.2 Å². The molecule has 0 bridgehead atoms. The molecule has 0 aliphatic heterocycles. The Kier molecular flexibility index (Phi) is 7.88. The Morgan fingerprint density at radius 1 is 0.944 bits per heavy atom. The van der Waals surface area contributed by atoms with Gasteiger partial charge >= 0.3 is 12.1 Å². The lowest BCUT2D eigenvalue weighted by molar-refractivity contribution is -0.137. The second kappa shape index (κ2) is 10.7. The fourth-order valence-corrected chi connectivity index (χ4v) is 4.22. The van der Waals surface area contributed by atoms with Crippen molar-refractivity contribution in [3.05, 3.63) is 83.4 Å². The molecule has 0 atom stereocenters. The average molecular weight is 523 g/mol. The van der Waals surface area contributed by atoms with E-state index in [4.69, 9.17) is 9.47 Å². The van der Waals surface area contributed by atoms with E-state index in [0.29, 0.717) is 11.8 Å². The number of methoxy groups -OCH3 is 1. The van der Waals surface area contributed by atoms with Crippen molar-refractivity contribution in [2.24, 2.45) is 0 Å². The van der Waals surface area contributed by atoms with Crippen LogP contribution < -0.4 is 14.8 Å². The van der Waals surface area contributed by atoms with Crippen LogP contribution in [0.4, 0.5) is 24.5 Å². The van der Waals surface area contributed by atoms with Crippen LogP contribution in [0.3, 0.4) is 0 Å². The molecule has 3 rings (SSSR count). The molecule has 0 aromatic heterocycles. The molecule has 12 heteroatoms. The van der Waals surface area contributed by atoms with Crippen molar-refractivity contribution in [1.29, 1.82) is 0 Å². The van der Waals surface area contributed by atoms with Crippen molar-refractivity contribution >= 4 is 33.3 Å². The fraction of sp³-hybridized carbons (Fsp3) is 0.167. The standard InChI is InChI=1S/C24H21F3N2O6S/c1-3-35-23(31)20-11-10-17(14-21(20)34-2)28-22(30)15-6-4-8-18(12-15)29-36(32,33)19-9-5-7-16(13-19)24(25,26)27/h4-14,29H,3H2,1-2H3,(H,28,30). The number of anilines is 2. The van der Waals surface area contributed by atoms with E-state index in [1.807, 2.05) is 0 Å². The first kappa shape index (κ1) is 26.5. The van der Waals surface area contributed by atoms with Gasteiger partial charge in [0, 0.05) is 23.0 Å². The van der Waals surface area contributed by atoms with Crippen molar-refractivity contribution in [1.82, 2.24) is 0 Å². The van der Waals surface area contributed by atoms with Gasteiger partial charge in [-0.3, -0.25) is 9.52 Å². The van der Waals surface area contributed by atoms with Gasteiger partial charge in [0.05, 0.1) is 24.2 Å². The summed E-state index contributed by atoms with van der Waals surface area (Å²) in [5.74, 6) is -1.03. The molecule has 0 saturated carbocycles. The largest absolute Gasteiger partial charge is 0.496 e. The van der Waals surface area contributed by atoms with E-state index in [1.165, 1.54) is 49.6 Å². The molecule has 0 aliphatic rings. The summed E-state index contributed by atoms with van der Waals surface area (Å²) in [4.78, 5) is 24.1. The number of ether oxygens (including phenoxy) is 2. The Morgan fingerprint density at radius 3 is 2.33 bits per heavy atom. The minimum atomic E-state index is -4.71. The Balaban J connectivity index is 1.79. The zero-order valence-electron chi connectivity index (χ0n) is 19.0. The smallest absolute Gasteiger partial charge is 0.416 e. The first-order valence-electron chi connectivity index (χ1n) is 10.4. The third-order valence-electron chi connectivity index (χ3n) is 4.80. The number of benzene rings is 3. The van der Waals surface area contributed by atoms with E-state index in [2.05, 4.69) is 10.0 Å². The topological polar surface area (TPSA) is 111 Å². The number of nitrogens with one attached hydrogen (secondary N) is 2. The van der Waals surface area contributed by atoms with Crippen LogP contribution in [0.1, 0.15) is 33.2 Å². The second-order valence-corrected chi connectivity index (χ2v) is 8.98. The van der Waals surface area contributed by atoms with Crippen LogP contribution in [0.2, 0.25) is 0 Å². The Hall–Kier alpha value is -4.06. The van der Waals surface area contributed by atoms with Crippen molar-refractivity contribution < 1.29 is 40.7 Å². The predicted molar refractivity (Wildman–Crippen MR) is 126 cm³/mol. The van der Waals surface area contributed by atoms with Crippen molar-refractivity contribution in [2.75, 3.05) is 23.8 Å². The average Bonchev–Trinajstić information content (AvgIpc) is 2.83. The summed E-state index contributed by atoms with van der Waals surface area (Å²) in [5.41, 5.74) is -0.617. The number of hydrogen-bond donors (Lipinski definition) is 2. The SMILES string of the molecule is CCOC(=O)c1ccc(NC(=O)c2cccc(NS(=O)(=O)c3cccc(C(F)(F)F)c3)c2)cc1OC. The number of esters is 1. The van der Waals surface area contributed by atoms with Gasteiger partial charge in [-0.25, -0.2) is 13.2 Å². The number of alkyl halides is 3. The van der Waals surface area contributed by atoms with Gasteiger partial charge in [0.25, 0.3) is 15.9 Å². The molecule has 3 aromatic rings. The molecule has 0 radical (unpaired) electrons. The first-order valence-corrected chi connectivity index (χ1v) is 11.9. The summed E-state index contributed by atoms with van der Waals surface area (Å²) < 4.78 is 76.4. The molecular weight excluding hydrogens is 501 g/mol. The third kappa shape index (κ3) is 6.33. The molecule has 0 saturated heterocycles. The van der Waals surface area contributed by atoms with Gasteiger partial charge < -0.3 is 14.8 Å². The summed E-state index contributed by atoms with van der Waals surface area (Å²) >= 11 is 0. The highest BCUT2D eigenvalue weighted by Crippen LogP contribution is 2.31. The molecule has 0 fully saturated rings. The van der Waals surface area contributed by atoms with Crippen LogP contribution in [0, 0.1) is 0 Å². The lowest BCUT2D eigenvalue weighted by Gasteiger charge is -2.13. The number of sulfonamides is 1. The fourth-order valence-electron chi connectivity index (χ4n) is 3.13. The first-order chi connectivity index (χ1) is 16.9. The minimum Gasteiger partial charge on any atom is -0.496 e. The molecule has 190 valence electrons. The summed E-state index contributed by atoms with van der Waals surface area (Å²) in [6.45, 7) is 1.83. The van der Waals surface area contributed by atoms with Gasteiger partial charge in [0.1, 0.15) is 11.3 Å². The minimum absolute atomic E-state index is 0.0321.